The van der Waals surface area contributed by atoms with E-state index in [0.29, 0.717) is 32.9 Å². The lowest BCUT2D eigenvalue weighted by atomic mass is 10.2. The third-order valence-corrected chi connectivity index (χ3v) is 5.80. The second-order valence-corrected chi connectivity index (χ2v) is 8.07. The number of oxazole rings is 1. The van der Waals surface area contributed by atoms with Crippen molar-refractivity contribution >= 4 is 45.9 Å². The van der Waals surface area contributed by atoms with Crippen molar-refractivity contribution in [2.24, 2.45) is 0 Å². The number of rotatable bonds is 4. The number of carbonyl (C=O) groups is 1. The molecule has 0 bridgehead atoms. The van der Waals surface area contributed by atoms with Crippen molar-refractivity contribution in [3.8, 4) is 22.8 Å². The summed E-state index contributed by atoms with van der Waals surface area (Å²) >= 11 is 12.3. The van der Waals surface area contributed by atoms with Gasteiger partial charge in [0.15, 0.2) is 11.3 Å². The number of aromatic nitrogens is 1. The molecule has 0 spiro atoms. The molecule has 0 saturated heterocycles. The summed E-state index contributed by atoms with van der Waals surface area (Å²) in [6.45, 7) is 2.00. The number of hydrogen-bond donors (Lipinski definition) is 1. The monoisotopic (exact) mass is 462 g/mol. The second kappa shape index (κ2) is 8.19. The standard InChI is InChI=1S/C25H16Cl2N2O3/c1-14-5-10-19-22(13-14)32-25(29-19)15-6-8-16(9-7-15)28-24(30)21-12-11-20(31-21)17-3-2-4-18(26)23(17)27/h2-13H,1H3,(H,28,30). The van der Waals surface area contributed by atoms with E-state index in [4.69, 9.17) is 32.0 Å². The molecule has 0 saturated carbocycles. The van der Waals surface area contributed by atoms with Crippen molar-refractivity contribution < 1.29 is 13.6 Å². The van der Waals surface area contributed by atoms with E-state index in [2.05, 4.69) is 10.3 Å². The Morgan fingerprint density at radius 2 is 1.75 bits per heavy atom. The van der Waals surface area contributed by atoms with E-state index in [0.717, 1.165) is 22.2 Å². The van der Waals surface area contributed by atoms with Crippen LogP contribution in [0.25, 0.3) is 33.9 Å². The predicted molar refractivity (Wildman–Crippen MR) is 126 cm³/mol. The molecule has 0 aliphatic rings. The summed E-state index contributed by atoms with van der Waals surface area (Å²) in [5.74, 6) is 0.774. The molecule has 0 fully saturated rings. The van der Waals surface area contributed by atoms with Crippen LogP contribution in [0.2, 0.25) is 10.0 Å². The Hall–Kier alpha value is -3.54. The molecule has 7 heteroatoms. The number of nitrogens with zero attached hydrogens (tertiary/aromatic N) is 1. The number of anilines is 1. The molecule has 158 valence electrons. The fourth-order valence-corrected chi connectivity index (χ4v) is 3.74. The van der Waals surface area contributed by atoms with Crippen molar-refractivity contribution in [1.82, 2.24) is 4.98 Å². The van der Waals surface area contributed by atoms with Crippen LogP contribution in [0.5, 0.6) is 0 Å². The molecule has 0 atom stereocenters. The van der Waals surface area contributed by atoms with Crippen LogP contribution in [-0.2, 0) is 0 Å². The number of halogens is 2. The predicted octanol–water partition coefficient (Wildman–Crippen LogP) is 7.62. The third-order valence-electron chi connectivity index (χ3n) is 4.98. The Bertz CT molecular complexity index is 1450. The van der Waals surface area contributed by atoms with Crippen LogP contribution in [-0.4, -0.2) is 10.9 Å². The molecule has 1 amide bonds. The highest BCUT2D eigenvalue weighted by Gasteiger charge is 2.16. The van der Waals surface area contributed by atoms with Crippen LogP contribution < -0.4 is 5.32 Å². The molecule has 2 aromatic heterocycles. The number of amides is 1. The van der Waals surface area contributed by atoms with E-state index in [-0.39, 0.29) is 11.7 Å². The summed E-state index contributed by atoms with van der Waals surface area (Å²) in [4.78, 5) is 17.1. The van der Waals surface area contributed by atoms with Crippen LogP contribution in [0.3, 0.4) is 0 Å². The van der Waals surface area contributed by atoms with Crippen LogP contribution >= 0.6 is 23.2 Å². The minimum atomic E-state index is -0.375. The fourth-order valence-electron chi connectivity index (χ4n) is 3.34. The van der Waals surface area contributed by atoms with Crippen LogP contribution in [0.1, 0.15) is 16.1 Å². The first-order valence-corrected chi connectivity index (χ1v) is 10.6. The van der Waals surface area contributed by atoms with Gasteiger partial charge in [-0.2, -0.15) is 0 Å². The molecule has 3 aromatic carbocycles. The number of furan rings is 1. The molecule has 1 N–H and O–H groups in total. The van der Waals surface area contributed by atoms with Gasteiger partial charge in [-0.25, -0.2) is 4.98 Å². The first-order valence-electron chi connectivity index (χ1n) is 9.81. The second-order valence-electron chi connectivity index (χ2n) is 7.29. The number of nitrogens with one attached hydrogen (secondary N) is 1. The average Bonchev–Trinajstić information content (AvgIpc) is 3.43. The minimum Gasteiger partial charge on any atom is -0.451 e. The summed E-state index contributed by atoms with van der Waals surface area (Å²) in [6.07, 6.45) is 0. The zero-order chi connectivity index (χ0) is 22.2. The molecule has 5 rings (SSSR count). The van der Waals surface area contributed by atoms with Crippen LogP contribution in [0.4, 0.5) is 5.69 Å². The number of aryl methyl sites for hydroxylation is 1. The van der Waals surface area contributed by atoms with Crippen molar-refractivity contribution in [2.75, 3.05) is 5.32 Å². The largest absolute Gasteiger partial charge is 0.451 e. The summed E-state index contributed by atoms with van der Waals surface area (Å²) in [5, 5.41) is 3.61. The average molecular weight is 463 g/mol. The van der Waals surface area contributed by atoms with Crippen molar-refractivity contribution in [2.45, 2.75) is 6.92 Å². The number of carbonyl (C=O) groups excluding carboxylic acids is 1. The van der Waals surface area contributed by atoms with Gasteiger partial charge < -0.3 is 14.2 Å². The summed E-state index contributed by atoms with van der Waals surface area (Å²) in [7, 11) is 0. The SMILES string of the molecule is Cc1ccc2nc(-c3ccc(NC(=O)c4ccc(-c5cccc(Cl)c5Cl)o4)cc3)oc2c1. The number of fused-ring (bicyclic) bond motifs is 1. The van der Waals surface area contributed by atoms with Gasteiger partial charge in [0.1, 0.15) is 11.3 Å². The highest BCUT2D eigenvalue weighted by molar-refractivity contribution is 6.43. The Kier molecular flexibility index (Phi) is 5.21. The maximum atomic E-state index is 12.6. The lowest BCUT2D eigenvalue weighted by Crippen LogP contribution is -2.10. The third kappa shape index (κ3) is 3.88. The topological polar surface area (TPSA) is 68.3 Å². The van der Waals surface area contributed by atoms with Crippen molar-refractivity contribution in [3.05, 3.63) is 94.2 Å². The number of hydrogen-bond acceptors (Lipinski definition) is 4. The lowest BCUT2D eigenvalue weighted by molar-refractivity contribution is 0.0997. The lowest BCUT2D eigenvalue weighted by Gasteiger charge is -2.05. The maximum Gasteiger partial charge on any atom is 0.291 e. The molecular weight excluding hydrogens is 447 g/mol. The van der Waals surface area contributed by atoms with E-state index in [1.165, 1.54) is 0 Å². The highest BCUT2D eigenvalue weighted by Crippen LogP contribution is 2.34. The van der Waals surface area contributed by atoms with E-state index >= 15 is 0 Å². The quantitative estimate of drug-likeness (QED) is 0.298. The van der Waals surface area contributed by atoms with Crippen LogP contribution in [0.15, 0.2) is 81.6 Å². The Balaban J connectivity index is 1.33. The van der Waals surface area contributed by atoms with Gasteiger partial charge in [0, 0.05) is 16.8 Å². The molecule has 0 aliphatic carbocycles. The molecule has 32 heavy (non-hydrogen) atoms. The summed E-state index contributed by atoms with van der Waals surface area (Å²) < 4.78 is 11.6. The van der Waals surface area contributed by atoms with Gasteiger partial charge in [-0.05, 0) is 73.2 Å². The van der Waals surface area contributed by atoms with Gasteiger partial charge in [0.05, 0.1) is 10.0 Å². The van der Waals surface area contributed by atoms with Gasteiger partial charge in [-0.1, -0.05) is 35.3 Å². The normalized spacial score (nSPS) is 11.1. The van der Waals surface area contributed by atoms with E-state index < -0.39 is 0 Å². The van der Waals surface area contributed by atoms with Crippen LogP contribution in [0, 0.1) is 6.92 Å². The molecule has 5 nitrogen and oxygen atoms in total. The molecular formula is C25H16Cl2N2O3. The Labute approximate surface area is 193 Å². The Morgan fingerprint density at radius 3 is 2.56 bits per heavy atom. The molecule has 0 aliphatic heterocycles. The van der Waals surface area contributed by atoms with Gasteiger partial charge in [-0.3, -0.25) is 4.79 Å². The molecule has 0 unspecified atom stereocenters. The summed E-state index contributed by atoms with van der Waals surface area (Å²) in [5.41, 5.74) is 4.70. The zero-order valence-electron chi connectivity index (χ0n) is 16.9. The smallest absolute Gasteiger partial charge is 0.291 e. The summed E-state index contributed by atoms with van der Waals surface area (Å²) in [6, 6.07) is 21.6. The van der Waals surface area contributed by atoms with Gasteiger partial charge in [0.2, 0.25) is 5.89 Å². The minimum absolute atomic E-state index is 0.162. The van der Waals surface area contributed by atoms with E-state index in [1.54, 1.807) is 42.5 Å². The fraction of sp³-hybridized carbons (Fsp3) is 0.0400. The van der Waals surface area contributed by atoms with E-state index in [1.807, 2.05) is 37.3 Å². The number of benzene rings is 3. The highest BCUT2D eigenvalue weighted by atomic mass is 35.5. The first-order chi connectivity index (χ1) is 15.5. The van der Waals surface area contributed by atoms with E-state index in [9.17, 15) is 4.79 Å². The van der Waals surface area contributed by atoms with Crippen molar-refractivity contribution in [3.63, 3.8) is 0 Å². The maximum absolute atomic E-state index is 12.6. The molecule has 5 aromatic rings. The molecule has 0 radical (unpaired) electrons. The first kappa shape index (κ1) is 20.4. The molecule has 2 heterocycles. The van der Waals surface area contributed by atoms with Gasteiger partial charge in [-0.15, -0.1) is 0 Å². The Morgan fingerprint density at radius 1 is 0.938 bits per heavy atom. The van der Waals surface area contributed by atoms with Gasteiger partial charge >= 0.3 is 0 Å². The zero-order valence-corrected chi connectivity index (χ0v) is 18.4. The van der Waals surface area contributed by atoms with Crippen molar-refractivity contribution in [1.29, 1.82) is 0 Å². The van der Waals surface area contributed by atoms with Gasteiger partial charge in [0.25, 0.3) is 5.91 Å².